The summed E-state index contributed by atoms with van der Waals surface area (Å²) in [6, 6.07) is 6.48. The first-order chi connectivity index (χ1) is 15.2. The molecule has 2 heterocycles. The molecule has 0 amide bonds. The number of benzene rings is 2. The lowest BCUT2D eigenvalue weighted by Gasteiger charge is -2.39. The highest BCUT2D eigenvalue weighted by atomic mass is 16.7. The highest BCUT2D eigenvalue weighted by Gasteiger charge is 2.42. The van der Waals surface area contributed by atoms with Gasteiger partial charge in [0.15, 0.2) is 23.0 Å². The van der Waals surface area contributed by atoms with Crippen molar-refractivity contribution in [1.82, 2.24) is 0 Å². The number of nitrogens with one attached hydrogen (secondary N) is 1. The van der Waals surface area contributed by atoms with Gasteiger partial charge in [0.1, 0.15) is 0 Å². The van der Waals surface area contributed by atoms with Crippen LogP contribution in [-0.4, -0.2) is 29.7 Å². The average Bonchev–Trinajstić information content (AvgIpc) is 3.17. The zero-order chi connectivity index (χ0) is 22.8. The van der Waals surface area contributed by atoms with Crippen molar-refractivity contribution in [2.24, 2.45) is 5.41 Å². The van der Waals surface area contributed by atoms with E-state index in [-0.39, 0.29) is 23.7 Å². The number of allylic oxidation sites excluding steroid dienone is 2. The molecule has 2 aliphatic heterocycles. The molecule has 0 aromatic heterocycles. The van der Waals surface area contributed by atoms with Crippen LogP contribution in [0.15, 0.2) is 35.5 Å². The van der Waals surface area contributed by atoms with Gasteiger partial charge in [-0.2, -0.15) is 0 Å². The van der Waals surface area contributed by atoms with Gasteiger partial charge in [-0.3, -0.25) is 14.9 Å². The summed E-state index contributed by atoms with van der Waals surface area (Å²) in [5.41, 5.74) is 2.62. The fourth-order valence-corrected chi connectivity index (χ4v) is 4.83. The monoisotopic (exact) mass is 438 g/mol. The largest absolute Gasteiger partial charge is 0.500 e. The Balaban J connectivity index is 1.78. The minimum atomic E-state index is -0.663. The second-order valence-corrected chi connectivity index (χ2v) is 9.03. The van der Waals surface area contributed by atoms with Gasteiger partial charge in [0.2, 0.25) is 12.5 Å². The number of aromatic hydroxyl groups is 1. The maximum atomic E-state index is 13.3. The van der Waals surface area contributed by atoms with Gasteiger partial charge < -0.3 is 24.6 Å². The highest BCUT2D eigenvalue weighted by Crippen LogP contribution is 2.53. The van der Waals surface area contributed by atoms with E-state index in [1.165, 1.54) is 13.2 Å². The van der Waals surface area contributed by atoms with E-state index in [9.17, 15) is 20.0 Å². The number of phenolic OH excluding ortho intramolecular Hbond substituents is 1. The van der Waals surface area contributed by atoms with E-state index < -0.39 is 22.3 Å². The number of Topliss-reactive ketones (excluding diaryl/α,β-unsaturated/α-hetero) is 1. The molecule has 9 nitrogen and oxygen atoms in total. The standard InChI is InChI=1S/C23H22N2O7/c1-23(2)8-14-21(16(26)9-23)20(11-4-15(25(28)29)22(27)19(5-11)30-3)12-6-17-18(32-10-31-17)7-13(12)24-14/h4-7,20,24,27H,8-10H2,1-3H3. The van der Waals surface area contributed by atoms with E-state index >= 15 is 0 Å². The lowest BCUT2D eigenvalue weighted by Crippen LogP contribution is -2.33. The van der Waals surface area contributed by atoms with Crippen LogP contribution in [0, 0.1) is 15.5 Å². The molecule has 1 unspecified atom stereocenters. The number of nitro benzene ring substituents is 1. The number of anilines is 1. The van der Waals surface area contributed by atoms with E-state index in [1.807, 2.05) is 19.9 Å². The molecule has 1 aliphatic carbocycles. The smallest absolute Gasteiger partial charge is 0.314 e. The first kappa shape index (κ1) is 20.2. The van der Waals surface area contributed by atoms with E-state index in [0.29, 0.717) is 35.5 Å². The predicted molar refractivity (Wildman–Crippen MR) is 114 cm³/mol. The van der Waals surface area contributed by atoms with Gasteiger partial charge in [-0.15, -0.1) is 0 Å². The van der Waals surface area contributed by atoms with Crippen LogP contribution < -0.4 is 19.5 Å². The molecule has 5 rings (SSSR count). The summed E-state index contributed by atoms with van der Waals surface area (Å²) in [6.07, 6.45) is 1.01. The van der Waals surface area contributed by atoms with Crippen molar-refractivity contribution in [3.8, 4) is 23.0 Å². The first-order valence-electron chi connectivity index (χ1n) is 10.2. The number of nitrogens with zero attached hydrogens (tertiary/aromatic N) is 1. The minimum Gasteiger partial charge on any atom is -0.500 e. The molecule has 2 N–H and O–H groups in total. The van der Waals surface area contributed by atoms with Gasteiger partial charge in [0, 0.05) is 41.4 Å². The summed E-state index contributed by atoms with van der Waals surface area (Å²) in [5, 5.41) is 25.3. The summed E-state index contributed by atoms with van der Waals surface area (Å²) in [6.45, 7) is 4.17. The van der Waals surface area contributed by atoms with Gasteiger partial charge in [-0.25, -0.2) is 0 Å². The molecule has 0 radical (unpaired) electrons. The van der Waals surface area contributed by atoms with Gasteiger partial charge in [-0.05, 0) is 35.1 Å². The van der Waals surface area contributed by atoms with Crippen molar-refractivity contribution in [2.75, 3.05) is 19.2 Å². The Kier molecular flexibility index (Phi) is 4.34. The van der Waals surface area contributed by atoms with Crippen LogP contribution >= 0.6 is 0 Å². The summed E-state index contributed by atoms with van der Waals surface area (Å²) in [5.74, 6) is -0.0513. The number of nitro groups is 1. The van der Waals surface area contributed by atoms with Gasteiger partial charge in [-0.1, -0.05) is 13.8 Å². The molecule has 1 atom stereocenters. The summed E-state index contributed by atoms with van der Waals surface area (Å²) >= 11 is 0. The van der Waals surface area contributed by atoms with Crippen LogP contribution in [0.3, 0.4) is 0 Å². The Labute approximate surface area is 183 Å². The first-order valence-corrected chi connectivity index (χ1v) is 10.2. The van der Waals surface area contributed by atoms with Crippen LogP contribution in [0.2, 0.25) is 0 Å². The van der Waals surface area contributed by atoms with Gasteiger partial charge in [0.25, 0.3) is 0 Å². The van der Waals surface area contributed by atoms with E-state index in [0.717, 1.165) is 16.9 Å². The van der Waals surface area contributed by atoms with Gasteiger partial charge in [0.05, 0.1) is 12.0 Å². The van der Waals surface area contributed by atoms with Crippen LogP contribution in [0.1, 0.15) is 43.7 Å². The summed E-state index contributed by atoms with van der Waals surface area (Å²) in [4.78, 5) is 24.3. The third-order valence-electron chi connectivity index (χ3n) is 6.18. The maximum absolute atomic E-state index is 13.3. The zero-order valence-corrected chi connectivity index (χ0v) is 17.9. The van der Waals surface area contributed by atoms with Gasteiger partial charge >= 0.3 is 5.69 Å². The fourth-order valence-electron chi connectivity index (χ4n) is 4.83. The Bertz CT molecular complexity index is 1220. The fraction of sp³-hybridized carbons (Fsp3) is 0.348. The second kappa shape index (κ2) is 6.88. The number of ether oxygens (including phenoxy) is 3. The number of rotatable bonds is 3. The maximum Gasteiger partial charge on any atom is 0.314 e. The van der Waals surface area contributed by atoms with E-state index in [1.54, 1.807) is 12.1 Å². The quantitative estimate of drug-likeness (QED) is 0.539. The molecule has 3 aliphatic rings. The molecule has 9 heteroatoms. The molecule has 32 heavy (non-hydrogen) atoms. The normalized spacial score (nSPS) is 20.3. The lowest BCUT2D eigenvalue weighted by atomic mass is 9.68. The Morgan fingerprint density at radius 2 is 1.91 bits per heavy atom. The minimum absolute atomic E-state index is 0.0215. The molecule has 0 spiro atoms. The topological polar surface area (TPSA) is 120 Å². The van der Waals surface area contributed by atoms with Crippen molar-refractivity contribution < 1.29 is 29.0 Å². The van der Waals surface area contributed by atoms with Crippen LogP contribution in [0.5, 0.6) is 23.0 Å². The third kappa shape index (κ3) is 3.04. The molecule has 2 aromatic rings. The summed E-state index contributed by atoms with van der Waals surface area (Å²) < 4.78 is 16.3. The SMILES string of the molecule is COc1cc(C2C3=C(CC(C)(C)CC3=O)Nc3cc4c(cc32)OCO4)cc([N+](=O)[O-])c1O. The summed E-state index contributed by atoms with van der Waals surface area (Å²) in [7, 11) is 1.33. The molecule has 0 saturated carbocycles. The van der Waals surface area contributed by atoms with Crippen molar-refractivity contribution in [2.45, 2.75) is 32.6 Å². The number of phenols is 1. The van der Waals surface area contributed by atoms with Crippen molar-refractivity contribution in [1.29, 1.82) is 0 Å². The zero-order valence-electron chi connectivity index (χ0n) is 17.9. The van der Waals surface area contributed by atoms with Crippen molar-refractivity contribution >= 4 is 17.2 Å². The van der Waals surface area contributed by atoms with Crippen molar-refractivity contribution in [3.63, 3.8) is 0 Å². The van der Waals surface area contributed by atoms with Crippen molar-refractivity contribution in [3.05, 3.63) is 56.8 Å². The molecule has 2 aromatic carbocycles. The lowest BCUT2D eigenvalue weighted by molar-refractivity contribution is -0.386. The number of ketones is 1. The molecule has 0 saturated heterocycles. The average molecular weight is 438 g/mol. The van der Waals surface area contributed by atoms with E-state index in [2.05, 4.69) is 5.32 Å². The third-order valence-corrected chi connectivity index (χ3v) is 6.18. The Morgan fingerprint density at radius 3 is 2.59 bits per heavy atom. The molecular formula is C23H22N2O7. The molecule has 0 fully saturated rings. The number of hydrogen-bond acceptors (Lipinski definition) is 8. The van der Waals surface area contributed by atoms with Crippen LogP contribution in [-0.2, 0) is 4.79 Å². The van der Waals surface area contributed by atoms with E-state index in [4.69, 9.17) is 14.2 Å². The Morgan fingerprint density at radius 1 is 1.19 bits per heavy atom. The predicted octanol–water partition coefficient (Wildman–Crippen LogP) is 4.24. The molecular weight excluding hydrogens is 416 g/mol. The molecule has 0 bridgehead atoms. The number of carbonyl (C=O) groups is 1. The number of carbonyl (C=O) groups excluding carboxylic acids is 1. The number of hydrogen-bond donors (Lipinski definition) is 2. The second-order valence-electron chi connectivity index (χ2n) is 9.03. The molecule has 166 valence electrons. The highest BCUT2D eigenvalue weighted by molar-refractivity contribution is 6.02. The Hall–Kier alpha value is -3.75. The number of methoxy groups -OCH3 is 1. The van der Waals surface area contributed by atoms with Crippen LogP contribution in [0.25, 0.3) is 0 Å². The number of fused-ring (bicyclic) bond motifs is 2. The van der Waals surface area contributed by atoms with Crippen LogP contribution in [0.4, 0.5) is 11.4 Å².